The zero-order valence-corrected chi connectivity index (χ0v) is 10.1. The zero-order valence-electron chi connectivity index (χ0n) is 10.1. The van der Waals surface area contributed by atoms with Crippen LogP contribution >= 0.6 is 0 Å². The summed E-state index contributed by atoms with van der Waals surface area (Å²) >= 11 is 0. The Bertz CT molecular complexity index is 383. The van der Waals surface area contributed by atoms with Gasteiger partial charge in [-0.3, -0.25) is 4.98 Å². The van der Waals surface area contributed by atoms with Crippen molar-refractivity contribution in [3.63, 3.8) is 0 Å². The highest BCUT2D eigenvalue weighted by Crippen LogP contribution is 2.23. The molecule has 0 saturated carbocycles. The first-order valence-electron chi connectivity index (χ1n) is 5.09. The van der Waals surface area contributed by atoms with Gasteiger partial charge in [0.25, 0.3) is 0 Å². The molecule has 0 unspecified atom stereocenters. The number of pyridine rings is 1. The van der Waals surface area contributed by atoms with E-state index in [2.05, 4.69) is 9.56 Å². The molecule has 7 N–H and O–H groups in total. The first-order chi connectivity index (χ1) is 8.83. The summed E-state index contributed by atoms with van der Waals surface area (Å²) in [6.07, 6.45) is 1.45. The minimum absolute atomic E-state index is 0.0379. The topological polar surface area (TPSA) is 164 Å². The standard InChI is InChI=1S/C8H11NO3.B2H4O5/c1-5-8(12)7(4-11)6(3-10)2-9-5;3-1(4)7-2(5)6/h2,10-12H,3-4H2,1H3;3-6H. The van der Waals surface area contributed by atoms with Crippen molar-refractivity contribution >= 4 is 14.6 Å². The molecule has 0 aromatic carbocycles. The lowest BCUT2D eigenvalue weighted by molar-refractivity contribution is 0.213. The van der Waals surface area contributed by atoms with E-state index in [-0.39, 0.29) is 19.0 Å². The predicted octanol–water partition coefficient (Wildman–Crippen LogP) is -2.98. The molecular formula is C8H15B2NO8. The van der Waals surface area contributed by atoms with E-state index >= 15 is 0 Å². The fourth-order valence-electron chi connectivity index (χ4n) is 1.11. The molecule has 1 heterocycles. The average molecular weight is 275 g/mol. The van der Waals surface area contributed by atoms with Gasteiger partial charge in [-0.2, -0.15) is 0 Å². The Morgan fingerprint density at radius 3 is 1.95 bits per heavy atom. The van der Waals surface area contributed by atoms with Crippen LogP contribution in [-0.2, 0) is 17.8 Å². The van der Waals surface area contributed by atoms with E-state index in [0.29, 0.717) is 16.8 Å². The Morgan fingerprint density at radius 2 is 1.63 bits per heavy atom. The Labute approximate surface area is 109 Å². The van der Waals surface area contributed by atoms with Gasteiger partial charge in [-0.15, -0.1) is 0 Å². The van der Waals surface area contributed by atoms with Gasteiger partial charge < -0.3 is 40.0 Å². The van der Waals surface area contributed by atoms with Crippen molar-refractivity contribution in [2.75, 3.05) is 0 Å². The second-order valence-electron chi connectivity index (χ2n) is 3.30. The van der Waals surface area contributed by atoms with Crippen LogP contribution in [0.25, 0.3) is 0 Å². The van der Waals surface area contributed by atoms with E-state index in [1.165, 1.54) is 6.20 Å². The molecule has 0 radical (unpaired) electrons. The lowest BCUT2D eigenvalue weighted by atomic mass is 10.1. The van der Waals surface area contributed by atoms with Crippen molar-refractivity contribution in [3.05, 3.63) is 23.0 Å². The van der Waals surface area contributed by atoms with Crippen LogP contribution in [0.3, 0.4) is 0 Å². The van der Waals surface area contributed by atoms with Crippen LogP contribution in [0.4, 0.5) is 0 Å². The highest BCUT2D eigenvalue weighted by atomic mass is 16.7. The summed E-state index contributed by atoms with van der Waals surface area (Å²) in [5.41, 5.74) is 1.27. The molecule has 1 rings (SSSR count). The fraction of sp³-hybridized carbons (Fsp3) is 0.375. The van der Waals surface area contributed by atoms with Crippen LogP contribution in [0.2, 0.25) is 0 Å². The summed E-state index contributed by atoms with van der Waals surface area (Å²) in [5.74, 6) is -0.0379. The van der Waals surface area contributed by atoms with Crippen LogP contribution < -0.4 is 0 Å². The fourth-order valence-corrected chi connectivity index (χ4v) is 1.11. The van der Waals surface area contributed by atoms with Crippen molar-refractivity contribution in [1.82, 2.24) is 4.98 Å². The van der Waals surface area contributed by atoms with Crippen molar-refractivity contribution in [3.8, 4) is 5.75 Å². The molecule has 0 fully saturated rings. The first-order valence-corrected chi connectivity index (χ1v) is 5.09. The number of aliphatic hydroxyl groups is 2. The van der Waals surface area contributed by atoms with Crippen molar-refractivity contribution in [1.29, 1.82) is 0 Å². The van der Waals surface area contributed by atoms with E-state index in [4.69, 9.17) is 30.3 Å². The lowest BCUT2D eigenvalue weighted by Crippen LogP contribution is -2.28. The van der Waals surface area contributed by atoms with Crippen molar-refractivity contribution in [2.24, 2.45) is 0 Å². The van der Waals surface area contributed by atoms with E-state index < -0.39 is 14.6 Å². The first kappa shape index (κ1) is 17.8. The third-order valence-corrected chi connectivity index (χ3v) is 2.00. The highest BCUT2D eigenvalue weighted by Gasteiger charge is 2.18. The number of rotatable bonds is 4. The highest BCUT2D eigenvalue weighted by molar-refractivity contribution is 6.48. The van der Waals surface area contributed by atoms with Gasteiger partial charge in [-0.25, -0.2) is 0 Å². The molecule has 1 aromatic rings. The minimum atomic E-state index is -2.13. The molecule has 0 aliphatic rings. The van der Waals surface area contributed by atoms with Crippen molar-refractivity contribution in [2.45, 2.75) is 20.1 Å². The van der Waals surface area contributed by atoms with Gasteiger partial charge in [-0.1, -0.05) is 0 Å². The molecule has 0 saturated heterocycles. The van der Waals surface area contributed by atoms with Gasteiger partial charge >= 0.3 is 14.6 Å². The second-order valence-corrected chi connectivity index (χ2v) is 3.30. The number of nitrogens with zero attached hydrogens (tertiary/aromatic N) is 1. The maximum atomic E-state index is 9.38. The SMILES string of the molecule is Cc1ncc(CO)c(CO)c1O.OB(O)OB(O)O. The van der Waals surface area contributed by atoms with E-state index in [1.807, 2.05) is 0 Å². The zero-order chi connectivity index (χ0) is 15.0. The minimum Gasteiger partial charge on any atom is -0.506 e. The Hall–Kier alpha value is -1.20. The van der Waals surface area contributed by atoms with Crippen LogP contribution in [0.15, 0.2) is 6.20 Å². The van der Waals surface area contributed by atoms with E-state index in [1.54, 1.807) is 6.92 Å². The molecule has 106 valence electrons. The second kappa shape index (κ2) is 8.82. The largest absolute Gasteiger partial charge is 0.621 e. The summed E-state index contributed by atoms with van der Waals surface area (Å²) in [7, 11) is -4.25. The number of hydrogen-bond donors (Lipinski definition) is 7. The molecule has 1 aromatic heterocycles. The summed E-state index contributed by atoms with van der Waals surface area (Å²) in [6.45, 7) is 1.12. The predicted molar refractivity (Wildman–Crippen MR) is 64.0 cm³/mol. The maximum absolute atomic E-state index is 9.38. The van der Waals surface area contributed by atoms with E-state index in [9.17, 15) is 5.11 Å². The Kier molecular flexibility index (Phi) is 8.27. The summed E-state index contributed by atoms with van der Waals surface area (Å²) in [4.78, 5) is 3.84. The lowest BCUT2D eigenvalue weighted by Gasteiger charge is -2.07. The molecule has 0 aliphatic heterocycles. The van der Waals surface area contributed by atoms with Gasteiger partial charge in [0.05, 0.1) is 18.9 Å². The third-order valence-electron chi connectivity index (χ3n) is 2.00. The number of aryl methyl sites for hydroxylation is 1. The molecule has 19 heavy (non-hydrogen) atoms. The summed E-state index contributed by atoms with van der Waals surface area (Å²) in [6, 6.07) is 0. The molecule has 0 spiro atoms. The van der Waals surface area contributed by atoms with Gasteiger partial charge in [0.2, 0.25) is 0 Å². The third kappa shape index (κ3) is 6.50. The summed E-state index contributed by atoms with van der Waals surface area (Å²) < 4.78 is 3.47. The van der Waals surface area contributed by atoms with Crippen LogP contribution in [0, 0.1) is 6.92 Å². The number of aromatic hydroxyl groups is 1. The maximum Gasteiger partial charge on any atom is 0.621 e. The number of hydrogen-bond acceptors (Lipinski definition) is 9. The number of aliphatic hydroxyl groups excluding tert-OH is 2. The molecular weight excluding hydrogens is 260 g/mol. The Balaban J connectivity index is 0.000000399. The molecule has 0 bridgehead atoms. The van der Waals surface area contributed by atoms with Gasteiger partial charge in [0.1, 0.15) is 5.75 Å². The molecule has 0 amide bonds. The van der Waals surface area contributed by atoms with Gasteiger partial charge in [0.15, 0.2) is 0 Å². The normalized spacial score (nSPS) is 9.63. The van der Waals surface area contributed by atoms with Crippen LogP contribution in [-0.4, -0.2) is 55.0 Å². The van der Waals surface area contributed by atoms with Crippen molar-refractivity contribution < 1.29 is 40.0 Å². The monoisotopic (exact) mass is 275 g/mol. The quantitative estimate of drug-likeness (QED) is 0.284. The van der Waals surface area contributed by atoms with Crippen LogP contribution in [0.5, 0.6) is 5.75 Å². The van der Waals surface area contributed by atoms with Gasteiger partial charge in [0, 0.05) is 17.3 Å². The molecule has 9 nitrogen and oxygen atoms in total. The van der Waals surface area contributed by atoms with Crippen LogP contribution in [0.1, 0.15) is 16.8 Å². The Morgan fingerprint density at radius 1 is 1.11 bits per heavy atom. The van der Waals surface area contributed by atoms with E-state index in [0.717, 1.165) is 0 Å². The smallest absolute Gasteiger partial charge is 0.506 e. The van der Waals surface area contributed by atoms with Gasteiger partial charge in [-0.05, 0) is 6.92 Å². The number of aromatic nitrogens is 1. The molecule has 11 heteroatoms. The molecule has 0 atom stereocenters. The summed E-state index contributed by atoms with van der Waals surface area (Å²) in [5, 5.41) is 58.0. The average Bonchev–Trinajstić information content (AvgIpc) is 2.31. The molecule has 0 aliphatic carbocycles.